The molecule has 1 aliphatic heterocycles. The van der Waals surface area contributed by atoms with E-state index in [4.69, 9.17) is 4.74 Å². The van der Waals surface area contributed by atoms with E-state index in [0.717, 1.165) is 37.2 Å². The van der Waals surface area contributed by atoms with E-state index in [0.29, 0.717) is 24.4 Å². The Kier molecular flexibility index (Phi) is 6.99. The highest BCUT2D eigenvalue weighted by Crippen LogP contribution is 2.22. The van der Waals surface area contributed by atoms with Gasteiger partial charge in [0, 0.05) is 43.9 Å². The zero-order valence-corrected chi connectivity index (χ0v) is 17.0. The Labute approximate surface area is 171 Å². The second-order valence-corrected chi connectivity index (χ2v) is 7.40. The summed E-state index contributed by atoms with van der Waals surface area (Å²) in [7, 11) is 1.57. The van der Waals surface area contributed by atoms with E-state index in [1.54, 1.807) is 37.4 Å². The number of nitrogens with zero attached hydrogens (tertiary/aromatic N) is 2. The molecule has 1 amide bonds. The molecule has 0 atom stereocenters. The predicted octanol–water partition coefficient (Wildman–Crippen LogP) is 3.31. The fourth-order valence-corrected chi connectivity index (χ4v) is 3.64. The first kappa shape index (κ1) is 21.0. The van der Waals surface area contributed by atoms with Crippen LogP contribution in [0.5, 0.6) is 5.75 Å². The highest BCUT2D eigenvalue weighted by Gasteiger charge is 2.21. The van der Waals surface area contributed by atoms with E-state index in [9.17, 15) is 14.0 Å². The van der Waals surface area contributed by atoms with Gasteiger partial charge >= 0.3 is 0 Å². The molecule has 0 aliphatic carbocycles. The number of ether oxygens (including phenoxy) is 1. The number of amides is 1. The first-order valence-corrected chi connectivity index (χ1v) is 9.88. The summed E-state index contributed by atoms with van der Waals surface area (Å²) >= 11 is 0. The number of halogens is 1. The predicted molar refractivity (Wildman–Crippen MR) is 110 cm³/mol. The number of methoxy groups -OCH3 is 1. The molecule has 1 heterocycles. The molecule has 0 unspecified atom stereocenters. The van der Waals surface area contributed by atoms with E-state index >= 15 is 0 Å². The molecule has 5 nitrogen and oxygen atoms in total. The summed E-state index contributed by atoms with van der Waals surface area (Å²) in [6.07, 6.45) is 1.10. The van der Waals surface area contributed by atoms with Crippen molar-refractivity contribution in [3.05, 3.63) is 65.0 Å². The van der Waals surface area contributed by atoms with Crippen molar-refractivity contribution in [3.63, 3.8) is 0 Å². The average molecular weight is 398 g/mol. The number of hydrogen-bond donors (Lipinski definition) is 0. The first-order chi connectivity index (χ1) is 14.0. The van der Waals surface area contributed by atoms with E-state index in [-0.39, 0.29) is 23.9 Å². The standard InChI is InChI=1S/C23H27FN2O3/c1-17(27)19-6-9-22(29-2)20(14-19)15-23(28)26-11-3-10-25(12-13-26)16-18-4-7-21(24)8-5-18/h4-9,14H,3,10-13,15-16H2,1-2H3. The van der Waals surface area contributed by atoms with Crippen LogP contribution in [0.2, 0.25) is 0 Å². The van der Waals surface area contributed by atoms with Gasteiger partial charge in [-0.2, -0.15) is 0 Å². The molecule has 0 saturated carbocycles. The summed E-state index contributed by atoms with van der Waals surface area (Å²) in [5, 5.41) is 0. The molecular weight excluding hydrogens is 371 g/mol. The number of rotatable bonds is 6. The van der Waals surface area contributed by atoms with Crippen LogP contribution >= 0.6 is 0 Å². The van der Waals surface area contributed by atoms with Gasteiger partial charge in [-0.25, -0.2) is 4.39 Å². The van der Waals surface area contributed by atoms with Crippen molar-refractivity contribution in [3.8, 4) is 5.75 Å². The van der Waals surface area contributed by atoms with Crippen LogP contribution in [0.25, 0.3) is 0 Å². The molecule has 1 aliphatic rings. The molecule has 3 rings (SSSR count). The van der Waals surface area contributed by atoms with Gasteiger partial charge in [0.1, 0.15) is 11.6 Å². The molecule has 154 valence electrons. The van der Waals surface area contributed by atoms with Gasteiger partial charge < -0.3 is 9.64 Å². The molecular formula is C23H27FN2O3. The maximum Gasteiger partial charge on any atom is 0.227 e. The zero-order chi connectivity index (χ0) is 20.8. The lowest BCUT2D eigenvalue weighted by molar-refractivity contribution is -0.130. The van der Waals surface area contributed by atoms with E-state index in [1.807, 2.05) is 4.90 Å². The second kappa shape index (κ2) is 9.65. The number of benzene rings is 2. The molecule has 0 radical (unpaired) electrons. The fraction of sp³-hybridized carbons (Fsp3) is 0.391. The van der Waals surface area contributed by atoms with Crippen LogP contribution in [0.4, 0.5) is 4.39 Å². The number of Topliss-reactive ketones (excluding diaryl/α,β-unsaturated/α-hetero) is 1. The number of ketones is 1. The topological polar surface area (TPSA) is 49.9 Å². The van der Waals surface area contributed by atoms with Crippen LogP contribution in [-0.2, 0) is 17.8 Å². The average Bonchev–Trinajstić information content (AvgIpc) is 2.95. The third-order valence-electron chi connectivity index (χ3n) is 5.29. The Morgan fingerprint density at radius 1 is 1.03 bits per heavy atom. The highest BCUT2D eigenvalue weighted by atomic mass is 19.1. The summed E-state index contributed by atoms with van der Waals surface area (Å²) in [4.78, 5) is 28.7. The van der Waals surface area contributed by atoms with Gasteiger partial charge in [0.15, 0.2) is 5.78 Å². The minimum atomic E-state index is -0.231. The van der Waals surface area contributed by atoms with Gasteiger partial charge in [-0.15, -0.1) is 0 Å². The lowest BCUT2D eigenvalue weighted by Crippen LogP contribution is -2.36. The van der Waals surface area contributed by atoms with Crippen LogP contribution in [0.1, 0.15) is 34.8 Å². The summed E-state index contributed by atoms with van der Waals surface area (Å²) in [6.45, 7) is 5.27. The monoisotopic (exact) mass is 398 g/mol. The van der Waals surface area contributed by atoms with Gasteiger partial charge in [-0.05, 0) is 49.2 Å². The lowest BCUT2D eigenvalue weighted by atomic mass is 10.0. The SMILES string of the molecule is COc1ccc(C(C)=O)cc1CC(=O)N1CCCN(Cc2ccc(F)cc2)CC1. The van der Waals surface area contributed by atoms with Crippen LogP contribution in [0.15, 0.2) is 42.5 Å². The van der Waals surface area contributed by atoms with Crippen molar-refractivity contribution < 1.29 is 18.7 Å². The molecule has 29 heavy (non-hydrogen) atoms. The molecule has 0 aromatic heterocycles. The van der Waals surface area contributed by atoms with Gasteiger partial charge in [0.05, 0.1) is 13.5 Å². The van der Waals surface area contributed by atoms with Gasteiger partial charge in [0.25, 0.3) is 0 Å². The maximum absolute atomic E-state index is 13.1. The normalized spacial score (nSPS) is 15.1. The summed E-state index contributed by atoms with van der Waals surface area (Å²) in [5.74, 6) is 0.391. The third kappa shape index (κ3) is 5.64. The number of carbonyl (C=O) groups excluding carboxylic acids is 2. The van der Waals surface area contributed by atoms with E-state index in [1.165, 1.54) is 19.1 Å². The number of hydrogen-bond acceptors (Lipinski definition) is 4. The van der Waals surface area contributed by atoms with Crippen molar-refractivity contribution in [1.29, 1.82) is 0 Å². The Morgan fingerprint density at radius 2 is 1.79 bits per heavy atom. The second-order valence-electron chi connectivity index (χ2n) is 7.40. The van der Waals surface area contributed by atoms with Crippen molar-refractivity contribution in [1.82, 2.24) is 9.80 Å². The number of carbonyl (C=O) groups is 2. The smallest absolute Gasteiger partial charge is 0.227 e. The van der Waals surface area contributed by atoms with Crippen molar-refractivity contribution in [2.24, 2.45) is 0 Å². The van der Waals surface area contributed by atoms with Gasteiger partial charge in [0.2, 0.25) is 5.91 Å². The molecule has 0 bridgehead atoms. The van der Waals surface area contributed by atoms with Crippen LogP contribution in [0.3, 0.4) is 0 Å². The quantitative estimate of drug-likeness (QED) is 0.701. The summed E-state index contributed by atoms with van der Waals surface area (Å²) in [6, 6.07) is 11.8. The molecule has 1 saturated heterocycles. The highest BCUT2D eigenvalue weighted by molar-refractivity contribution is 5.94. The van der Waals surface area contributed by atoms with Crippen molar-refractivity contribution in [2.75, 3.05) is 33.3 Å². The minimum absolute atomic E-state index is 0.0347. The molecule has 2 aromatic rings. The molecule has 0 N–H and O–H groups in total. The van der Waals surface area contributed by atoms with E-state index in [2.05, 4.69) is 4.90 Å². The minimum Gasteiger partial charge on any atom is -0.496 e. The van der Waals surface area contributed by atoms with Crippen LogP contribution in [-0.4, -0.2) is 54.8 Å². The third-order valence-corrected chi connectivity index (χ3v) is 5.29. The van der Waals surface area contributed by atoms with Crippen LogP contribution < -0.4 is 4.74 Å². The summed E-state index contributed by atoms with van der Waals surface area (Å²) in [5.41, 5.74) is 2.38. The molecule has 2 aromatic carbocycles. The Balaban J connectivity index is 1.61. The fourth-order valence-electron chi connectivity index (χ4n) is 3.64. The Bertz CT molecular complexity index is 867. The van der Waals surface area contributed by atoms with Gasteiger partial charge in [-0.3, -0.25) is 14.5 Å². The largest absolute Gasteiger partial charge is 0.496 e. The Hall–Kier alpha value is -2.73. The van der Waals surface area contributed by atoms with E-state index < -0.39 is 0 Å². The van der Waals surface area contributed by atoms with Gasteiger partial charge in [-0.1, -0.05) is 12.1 Å². The molecule has 0 spiro atoms. The van der Waals surface area contributed by atoms with Crippen LogP contribution in [0, 0.1) is 5.82 Å². The molecule has 6 heteroatoms. The molecule has 1 fully saturated rings. The first-order valence-electron chi connectivity index (χ1n) is 9.88. The lowest BCUT2D eigenvalue weighted by Gasteiger charge is -2.22. The maximum atomic E-state index is 13.1. The summed E-state index contributed by atoms with van der Waals surface area (Å²) < 4.78 is 18.5. The van der Waals surface area contributed by atoms with Crippen molar-refractivity contribution in [2.45, 2.75) is 26.3 Å². The Morgan fingerprint density at radius 3 is 2.48 bits per heavy atom. The zero-order valence-electron chi connectivity index (χ0n) is 17.0. The van der Waals surface area contributed by atoms with Crippen molar-refractivity contribution >= 4 is 11.7 Å².